The van der Waals surface area contributed by atoms with Gasteiger partial charge in [-0.15, -0.1) is 0 Å². The Morgan fingerprint density at radius 1 is 0.692 bits per heavy atom. The summed E-state index contributed by atoms with van der Waals surface area (Å²) in [5.74, 6) is 0. The zero-order valence-corrected chi connectivity index (χ0v) is 9.11. The lowest BCUT2D eigenvalue weighted by Crippen LogP contribution is -2.64. The summed E-state index contributed by atoms with van der Waals surface area (Å²) in [5.41, 5.74) is 0. The molecule has 6 nitrogen and oxygen atoms in total. The molecular formula is C6H14O6Si. The van der Waals surface area contributed by atoms with Crippen molar-refractivity contribution in [2.45, 2.75) is 36.6 Å². The number of hydrogen-bond donors (Lipinski definition) is 5. The third-order valence-electron chi connectivity index (χ3n) is 2.35. The molecule has 1 saturated carbocycles. The van der Waals surface area contributed by atoms with E-state index in [4.69, 9.17) is 9.53 Å². The summed E-state index contributed by atoms with van der Waals surface area (Å²) < 4.78 is 4.81. The van der Waals surface area contributed by atoms with E-state index in [0.29, 0.717) is 0 Å². The Morgan fingerprint density at radius 3 is 1.31 bits per heavy atom. The van der Waals surface area contributed by atoms with Crippen molar-refractivity contribution in [3.63, 3.8) is 0 Å². The zero-order valence-electron chi connectivity index (χ0n) is 7.11. The fourth-order valence-corrected chi connectivity index (χ4v) is 2.03. The van der Waals surface area contributed by atoms with Crippen LogP contribution < -0.4 is 0 Å². The average Bonchev–Trinajstić information content (AvgIpc) is 2.13. The van der Waals surface area contributed by atoms with Gasteiger partial charge in [-0.05, 0) is 0 Å². The molecule has 0 amide bonds. The molecule has 0 unspecified atom stereocenters. The van der Waals surface area contributed by atoms with Crippen LogP contribution in [-0.4, -0.2) is 72.6 Å². The fourth-order valence-electron chi connectivity index (χ4n) is 1.48. The van der Waals surface area contributed by atoms with Crippen LogP contribution in [0.5, 0.6) is 0 Å². The minimum absolute atomic E-state index is 0.258. The van der Waals surface area contributed by atoms with Crippen molar-refractivity contribution in [1.29, 1.82) is 0 Å². The summed E-state index contributed by atoms with van der Waals surface area (Å²) in [5, 5.41) is 46.2. The van der Waals surface area contributed by atoms with E-state index >= 15 is 0 Å². The smallest absolute Gasteiger partial charge is 0.146 e. The molecule has 0 aliphatic heterocycles. The van der Waals surface area contributed by atoms with Crippen LogP contribution in [0.4, 0.5) is 0 Å². The predicted octanol–water partition coefficient (Wildman–Crippen LogP) is -4.53. The van der Waals surface area contributed by atoms with E-state index in [-0.39, 0.29) is 10.5 Å². The third-order valence-corrected chi connectivity index (χ3v) is 2.89. The van der Waals surface area contributed by atoms with Crippen molar-refractivity contribution in [3.8, 4) is 0 Å². The molecule has 6 atom stereocenters. The maximum atomic E-state index is 9.31. The second kappa shape index (κ2) is 4.01. The van der Waals surface area contributed by atoms with Gasteiger partial charge in [0, 0.05) is 0 Å². The van der Waals surface area contributed by atoms with Gasteiger partial charge in [0.2, 0.25) is 0 Å². The first-order chi connectivity index (χ1) is 6.00. The highest BCUT2D eigenvalue weighted by molar-refractivity contribution is 5.98. The summed E-state index contributed by atoms with van der Waals surface area (Å²) in [6.07, 6.45) is -8.29. The molecule has 5 N–H and O–H groups in total. The highest BCUT2D eigenvalue weighted by Crippen LogP contribution is 2.22. The van der Waals surface area contributed by atoms with E-state index in [1.54, 1.807) is 0 Å². The summed E-state index contributed by atoms with van der Waals surface area (Å²) in [6.45, 7) is 0. The molecule has 78 valence electrons. The third kappa shape index (κ3) is 1.77. The molecule has 1 aliphatic carbocycles. The van der Waals surface area contributed by atoms with Crippen LogP contribution in [0.1, 0.15) is 0 Å². The van der Waals surface area contributed by atoms with E-state index in [1.807, 2.05) is 0 Å². The maximum absolute atomic E-state index is 9.31. The van der Waals surface area contributed by atoms with Gasteiger partial charge >= 0.3 is 0 Å². The molecule has 0 bridgehead atoms. The highest BCUT2D eigenvalue weighted by atomic mass is 28.2. The van der Waals surface area contributed by atoms with Crippen molar-refractivity contribution in [3.05, 3.63) is 0 Å². The Hall–Kier alpha value is -0.0231. The normalized spacial score (nSPS) is 52.4. The first-order valence-electron chi connectivity index (χ1n) is 3.93. The molecule has 0 aromatic carbocycles. The summed E-state index contributed by atoms with van der Waals surface area (Å²) in [7, 11) is 0.258. The van der Waals surface area contributed by atoms with Gasteiger partial charge in [-0.25, -0.2) is 0 Å². The second-order valence-corrected chi connectivity index (χ2v) is 3.62. The molecule has 0 radical (unpaired) electrons. The van der Waals surface area contributed by atoms with Crippen LogP contribution in [0.25, 0.3) is 0 Å². The van der Waals surface area contributed by atoms with Crippen LogP contribution >= 0.6 is 0 Å². The van der Waals surface area contributed by atoms with Crippen LogP contribution in [0.2, 0.25) is 0 Å². The monoisotopic (exact) mass is 210 g/mol. The molecule has 1 rings (SSSR count). The topological polar surface area (TPSA) is 110 Å². The maximum Gasteiger partial charge on any atom is 0.146 e. The van der Waals surface area contributed by atoms with Crippen molar-refractivity contribution in [1.82, 2.24) is 0 Å². The van der Waals surface area contributed by atoms with Crippen LogP contribution in [0.15, 0.2) is 0 Å². The number of aliphatic hydroxyl groups is 5. The molecule has 7 heteroatoms. The van der Waals surface area contributed by atoms with E-state index in [2.05, 4.69) is 0 Å². The van der Waals surface area contributed by atoms with Crippen molar-refractivity contribution in [2.75, 3.05) is 0 Å². The number of rotatable bonds is 1. The quantitative estimate of drug-likeness (QED) is 0.279. The Balaban J connectivity index is 2.79. The lowest BCUT2D eigenvalue weighted by molar-refractivity contribution is -0.216. The first kappa shape index (κ1) is 11.1. The van der Waals surface area contributed by atoms with Crippen LogP contribution in [-0.2, 0) is 4.43 Å². The largest absolute Gasteiger partial charge is 0.420 e. The lowest BCUT2D eigenvalue weighted by atomic mass is 9.85. The molecule has 1 fully saturated rings. The van der Waals surface area contributed by atoms with Crippen molar-refractivity contribution >= 4 is 10.5 Å². The van der Waals surface area contributed by atoms with Crippen molar-refractivity contribution < 1.29 is 30.0 Å². The first-order valence-corrected chi connectivity index (χ1v) is 4.75. The molecule has 0 aromatic heterocycles. The number of hydrogen-bond acceptors (Lipinski definition) is 6. The SMILES string of the molecule is O[C@@H]1[C@@H](O)[C@H](O)[C@@H](O[SiH3])[C@@H](O)[C@H]1O. The molecule has 0 aromatic rings. The van der Waals surface area contributed by atoms with Gasteiger partial charge in [0.05, 0.1) is 0 Å². The fraction of sp³-hybridized carbons (Fsp3) is 1.00. The van der Waals surface area contributed by atoms with Gasteiger partial charge in [-0.2, -0.15) is 0 Å². The highest BCUT2D eigenvalue weighted by Gasteiger charge is 2.48. The molecule has 13 heavy (non-hydrogen) atoms. The minimum Gasteiger partial charge on any atom is -0.420 e. The molecular weight excluding hydrogens is 196 g/mol. The second-order valence-electron chi connectivity index (χ2n) is 3.15. The minimum atomic E-state index is -1.54. The molecule has 0 spiro atoms. The van der Waals surface area contributed by atoms with Gasteiger partial charge in [0.25, 0.3) is 0 Å². The van der Waals surface area contributed by atoms with Gasteiger partial charge in [-0.1, -0.05) is 0 Å². The molecule has 0 heterocycles. The predicted molar refractivity (Wildman–Crippen MR) is 44.8 cm³/mol. The lowest BCUT2D eigenvalue weighted by Gasteiger charge is -2.41. The Bertz CT molecular complexity index is 163. The van der Waals surface area contributed by atoms with Crippen LogP contribution in [0.3, 0.4) is 0 Å². The van der Waals surface area contributed by atoms with Gasteiger partial charge in [-0.3, -0.25) is 0 Å². The van der Waals surface area contributed by atoms with E-state index < -0.39 is 36.6 Å². The summed E-state index contributed by atoms with van der Waals surface area (Å²) in [6, 6.07) is 0. The summed E-state index contributed by atoms with van der Waals surface area (Å²) in [4.78, 5) is 0. The Kier molecular flexibility index (Phi) is 3.41. The van der Waals surface area contributed by atoms with Crippen LogP contribution in [0, 0.1) is 0 Å². The van der Waals surface area contributed by atoms with Crippen molar-refractivity contribution in [2.24, 2.45) is 0 Å². The molecule has 1 aliphatic rings. The Labute approximate surface area is 77.9 Å². The average molecular weight is 210 g/mol. The number of aliphatic hydroxyl groups excluding tert-OH is 5. The van der Waals surface area contributed by atoms with Gasteiger partial charge in [0.15, 0.2) is 0 Å². The van der Waals surface area contributed by atoms with E-state index in [9.17, 15) is 20.4 Å². The Morgan fingerprint density at radius 2 is 1.00 bits per heavy atom. The molecule has 0 saturated heterocycles. The van der Waals surface area contributed by atoms with Gasteiger partial charge < -0.3 is 30.0 Å². The van der Waals surface area contributed by atoms with E-state index in [1.165, 1.54) is 0 Å². The van der Waals surface area contributed by atoms with Gasteiger partial charge in [0.1, 0.15) is 47.1 Å². The zero-order chi connectivity index (χ0) is 10.2. The van der Waals surface area contributed by atoms with E-state index in [0.717, 1.165) is 0 Å². The standard InChI is InChI=1S/C6H14O6Si/c7-1-2(8)4(10)6(12-13)5(11)3(1)9/h1-11H,13H3/t1-,2-,3+,4-,5-,6-/m0/s1. The summed E-state index contributed by atoms with van der Waals surface area (Å²) >= 11 is 0.